The van der Waals surface area contributed by atoms with Crippen LogP contribution in [0.1, 0.15) is 16.2 Å². The van der Waals surface area contributed by atoms with Gasteiger partial charge in [-0.25, -0.2) is 34.7 Å². The first-order chi connectivity index (χ1) is 17.4. The van der Waals surface area contributed by atoms with Crippen LogP contribution in [0.2, 0.25) is 0 Å². The molecule has 4 aromatic heterocycles. The maximum Gasteiger partial charge on any atom is 0.359 e. The lowest BCUT2D eigenvalue weighted by Gasteiger charge is -2.28. The molecule has 0 radical (unpaired) electrons. The molecule has 1 aliphatic rings. The summed E-state index contributed by atoms with van der Waals surface area (Å²) in [4.78, 5) is 46.9. The maximum atomic E-state index is 11.5. The van der Waals surface area contributed by atoms with Crippen molar-refractivity contribution < 1.29 is 14.4 Å². The topological polar surface area (TPSA) is 176 Å². The number of imidazole rings is 1. The largest absolute Gasteiger partial charge is 0.384 e. The molecule has 1 saturated heterocycles. The highest BCUT2D eigenvalue weighted by atomic mass is 16.7. The molecule has 36 heavy (non-hydrogen) atoms. The number of aromatic nitrogens is 7. The molecule has 0 amide bonds. The van der Waals surface area contributed by atoms with Gasteiger partial charge in [0.15, 0.2) is 22.8 Å². The summed E-state index contributed by atoms with van der Waals surface area (Å²) in [6.45, 7) is 3.00. The minimum absolute atomic E-state index is 0.160. The minimum atomic E-state index is -0.708. The first-order valence-electron chi connectivity index (χ1n) is 11.2. The van der Waals surface area contributed by atoms with Crippen molar-refractivity contribution in [3.05, 3.63) is 42.1 Å². The number of ether oxygens (including phenoxy) is 1. The number of nitrogens with two attached hydrogens (primary N) is 2. The Morgan fingerprint density at radius 1 is 1.11 bits per heavy atom. The summed E-state index contributed by atoms with van der Waals surface area (Å²) >= 11 is 0. The van der Waals surface area contributed by atoms with E-state index in [0.717, 1.165) is 17.2 Å². The van der Waals surface area contributed by atoms with Crippen LogP contribution in [-0.4, -0.2) is 73.8 Å². The number of hydrogen-bond donors (Lipinski definition) is 2. The second-order valence-corrected chi connectivity index (χ2v) is 8.23. The molecule has 1 aliphatic heterocycles. The highest BCUT2D eigenvalue weighted by Crippen LogP contribution is 2.28. The predicted molar refractivity (Wildman–Crippen MR) is 131 cm³/mol. The fourth-order valence-corrected chi connectivity index (χ4v) is 3.87. The van der Waals surface area contributed by atoms with Crippen molar-refractivity contribution in [3.8, 4) is 11.4 Å². The Kier molecular flexibility index (Phi) is 6.26. The van der Waals surface area contributed by atoms with E-state index in [4.69, 9.17) is 31.3 Å². The van der Waals surface area contributed by atoms with Crippen LogP contribution in [0.4, 0.5) is 17.6 Å². The van der Waals surface area contributed by atoms with Gasteiger partial charge < -0.3 is 29.7 Å². The zero-order valence-electron chi connectivity index (χ0n) is 19.8. The zero-order valence-corrected chi connectivity index (χ0v) is 19.8. The number of morpholine rings is 1. The monoisotopic (exact) mass is 491 g/mol. The molecule has 5 heterocycles. The van der Waals surface area contributed by atoms with Crippen molar-refractivity contribution in [2.75, 3.05) is 48.9 Å². The SMILES string of the molecule is CN(Cc1nc2c(N3CCOCC3)nc(-c3ccc(N)nc3)nc2n1C)c1ncc(C(=O)ON)cn1. The van der Waals surface area contributed by atoms with Crippen LogP contribution in [0, 0.1) is 0 Å². The molecular formula is C22H25N11O3. The third-order valence-electron chi connectivity index (χ3n) is 5.85. The molecule has 4 N–H and O–H groups in total. The van der Waals surface area contributed by atoms with Crippen LogP contribution in [0.15, 0.2) is 30.7 Å². The summed E-state index contributed by atoms with van der Waals surface area (Å²) in [6, 6.07) is 3.57. The van der Waals surface area contributed by atoms with Gasteiger partial charge in [0.25, 0.3) is 0 Å². The lowest BCUT2D eigenvalue weighted by molar-refractivity contribution is 0.0502. The maximum absolute atomic E-state index is 11.5. The molecule has 0 spiro atoms. The fourth-order valence-electron chi connectivity index (χ4n) is 3.87. The first-order valence-corrected chi connectivity index (χ1v) is 11.2. The number of pyridine rings is 1. The predicted octanol–water partition coefficient (Wildman–Crippen LogP) is 0.301. The lowest BCUT2D eigenvalue weighted by atomic mass is 10.2. The molecule has 0 aromatic carbocycles. The standard InChI is InChI=1S/C22H25N11O3/c1-31(22-26-10-14(11-27-22)21(34)36-24)12-16-28-17-19(32(16)2)29-18(13-3-4-15(23)25-9-13)30-20(17)33-5-7-35-8-6-33/h3-4,9-11H,5-8,12,24H2,1-2H3,(H2,23,25). The molecule has 4 aromatic rings. The number of rotatable bonds is 6. The third kappa shape index (κ3) is 4.46. The van der Waals surface area contributed by atoms with Crippen LogP contribution in [0.25, 0.3) is 22.6 Å². The molecule has 5 rings (SSSR count). The van der Waals surface area contributed by atoms with Gasteiger partial charge in [-0.2, -0.15) is 5.90 Å². The molecule has 14 heteroatoms. The molecule has 186 valence electrons. The quantitative estimate of drug-likeness (QED) is 0.352. The molecule has 14 nitrogen and oxygen atoms in total. The van der Waals surface area contributed by atoms with Gasteiger partial charge in [-0.05, 0) is 12.1 Å². The molecule has 0 saturated carbocycles. The molecule has 1 fully saturated rings. The van der Waals surface area contributed by atoms with Gasteiger partial charge in [-0.15, -0.1) is 0 Å². The van der Waals surface area contributed by atoms with Crippen LogP contribution in [0.3, 0.4) is 0 Å². The van der Waals surface area contributed by atoms with Crippen molar-refractivity contribution in [1.29, 1.82) is 0 Å². The van der Waals surface area contributed by atoms with E-state index >= 15 is 0 Å². The normalized spacial score (nSPS) is 13.7. The summed E-state index contributed by atoms with van der Waals surface area (Å²) in [5.74, 6) is 7.05. The number of hydrogen-bond acceptors (Lipinski definition) is 13. The van der Waals surface area contributed by atoms with Crippen LogP contribution >= 0.6 is 0 Å². The Morgan fingerprint density at radius 3 is 2.53 bits per heavy atom. The number of aryl methyl sites for hydroxylation is 1. The molecule has 0 unspecified atom stereocenters. The first kappa shape index (κ1) is 23.3. The molecule has 0 aliphatic carbocycles. The third-order valence-corrected chi connectivity index (χ3v) is 5.85. The number of nitrogen functional groups attached to an aromatic ring is 1. The average molecular weight is 492 g/mol. The van der Waals surface area contributed by atoms with Crippen molar-refractivity contribution in [1.82, 2.24) is 34.5 Å². The average Bonchev–Trinajstić information content (AvgIpc) is 3.23. The molecule has 0 bridgehead atoms. The highest BCUT2D eigenvalue weighted by molar-refractivity contribution is 5.88. The Morgan fingerprint density at radius 2 is 1.86 bits per heavy atom. The summed E-state index contributed by atoms with van der Waals surface area (Å²) in [5, 5.41) is 0. The van der Waals surface area contributed by atoms with E-state index in [-0.39, 0.29) is 5.56 Å². The van der Waals surface area contributed by atoms with Crippen LogP contribution in [0.5, 0.6) is 0 Å². The van der Waals surface area contributed by atoms with E-state index in [1.807, 2.05) is 29.6 Å². The van der Waals surface area contributed by atoms with Crippen molar-refractivity contribution in [2.24, 2.45) is 12.9 Å². The second kappa shape index (κ2) is 9.67. The van der Waals surface area contributed by atoms with E-state index < -0.39 is 5.97 Å². The fraction of sp³-hybridized carbons (Fsp3) is 0.318. The van der Waals surface area contributed by atoms with Gasteiger partial charge in [0.05, 0.1) is 25.3 Å². The van der Waals surface area contributed by atoms with E-state index in [2.05, 4.69) is 24.7 Å². The van der Waals surface area contributed by atoms with Crippen molar-refractivity contribution >= 4 is 34.7 Å². The van der Waals surface area contributed by atoms with Gasteiger partial charge in [-0.1, -0.05) is 0 Å². The Balaban J connectivity index is 1.52. The van der Waals surface area contributed by atoms with Gasteiger partial charge in [0.2, 0.25) is 5.95 Å². The van der Waals surface area contributed by atoms with Crippen LogP contribution in [-0.2, 0) is 23.2 Å². The number of nitrogens with zero attached hydrogens (tertiary/aromatic N) is 9. The van der Waals surface area contributed by atoms with E-state index in [9.17, 15) is 4.79 Å². The van der Waals surface area contributed by atoms with E-state index in [1.54, 1.807) is 12.3 Å². The summed E-state index contributed by atoms with van der Waals surface area (Å²) < 4.78 is 7.45. The smallest absolute Gasteiger partial charge is 0.359 e. The number of carbonyl (C=O) groups is 1. The second-order valence-electron chi connectivity index (χ2n) is 8.23. The van der Waals surface area contributed by atoms with Crippen molar-refractivity contribution in [2.45, 2.75) is 6.54 Å². The van der Waals surface area contributed by atoms with Crippen molar-refractivity contribution in [3.63, 3.8) is 0 Å². The summed E-state index contributed by atoms with van der Waals surface area (Å²) in [5.41, 5.74) is 8.05. The summed E-state index contributed by atoms with van der Waals surface area (Å²) in [6.07, 6.45) is 4.38. The van der Waals surface area contributed by atoms with Gasteiger partial charge in [-0.3, -0.25) is 0 Å². The number of anilines is 3. The highest BCUT2D eigenvalue weighted by Gasteiger charge is 2.23. The Hall–Kier alpha value is -4.43. The molecular weight excluding hydrogens is 466 g/mol. The van der Waals surface area contributed by atoms with Gasteiger partial charge in [0.1, 0.15) is 11.6 Å². The van der Waals surface area contributed by atoms with Gasteiger partial charge in [0, 0.05) is 51.3 Å². The van der Waals surface area contributed by atoms with Crippen LogP contribution < -0.4 is 21.4 Å². The summed E-state index contributed by atoms with van der Waals surface area (Å²) in [7, 11) is 3.73. The minimum Gasteiger partial charge on any atom is -0.384 e. The Labute approximate surface area is 205 Å². The zero-order chi connectivity index (χ0) is 25.2. The van der Waals surface area contributed by atoms with E-state index in [1.165, 1.54) is 12.4 Å². The number of carbonyl (C=O) groups excluding carboxylic acids is 1. The molecule has 0 atom stereocenters. The van der Waals surface area contributed by atoms with E-state index in [0.29, 0.717) is 61.6 Å². The number of fused-ring (bicyclic) bond motifs is 1. The Bertz CT molecular complexity index is 1380. The lowest BCUT2D eigenvalue weighted by Crippen LogP contribution is -2.37. The van der Waals surface area contributed by atoms with Gasteiger partial charge >= 0.3 is 5.97 Å².